The summed E-state index contributed by atoms with van der Waals surface area (Å²) in [4.78, 5) is 35.2. The molecule has 0 saturated carbocycles. The molecule has 2 unspecified atom stereocenters. The highest BCUT2D eigenvalue weighted by Crippen LogP contribution is 2.34. The molecule has 2 atom stereocenters. The minimum atomic E-state index is -1.06. The molecule has 2 heterocycles. The van der Waals surface area contributed by atoms with Crippen LogP contribution in [0.2, 0.25) is 0 Å². The molecule has 1 aromatic heterocycles. The second-order valence-electron chi connectivity index (χ2n) is 5.06. The van der Waals surface area contributed by atoms with Crippen LogP contribution in [0.5, 0.6) is 0 Å². The smallest absolute Gasteiger partial charge is 0.286 e. The summed E-state index contributed by atoms with van der Waals surface area (Å²) >= 11 is 1.25. The highest BCUT2D eigenvalue weighted by Gasteiger charge is 2.34. The van der Waals surface area contributed by atoms with Gasteiger partial charge in [-0.2, -0.15) is 0 Å². The molecule has 1 fully saturated rings. The molecule has 126 valence electrons. The first-order chi connectivity index (χ1) is 11.0. The van der Waals surface area contributed by atoms with Gasteiger partial charge in [0, 0.05) is 19.3 Å². The van der Waals surface area contributed by atoms with E-state index in [1.165, 1.54) is 25.0 Å². The Hall–Kier alpha value is -1.90. The van der Waals surface area contributed by atoms with Gasteiger partial charge in [-0.15, -0.1) is 11.8 Å². The van der Waals surface area contributed by atoms with E-state index in [1.54, 1.807) is 0 Å². The molecule has 0 radical (unpaired) electrons. The van der Waals surface area contributed by atoms with Crippen molar-refractivity contribution in [3.8, 4) is 0 Å². The SMILES string of the molecule is CNC(=O)C1CCC(C(=O)Nc2cc(F)c(=O)n(CCF)c2)S1. The van der Waals surface area contributed by atoms with Crippen LogP contribution in [0.15, 0.2) is 17.1 Å². The Morgan fingerprint density at radius 2 is 2.00 bits per heavy atom. The average molecular weight is 345 g/mol. The number of carbonyl (C=O) groups is 2. The zero-order valence-electron chi connectivity index (χ0n) is 12.5. The zero-order valence-corrected chi connectivity index (χ0v) is 13.3. The number of carbonyl (C=O) groups excluding carboxylic acids is 2. The molecule has 2 rings (SSSR count). The van der Waals surface area contributed by atoms with Gasteiger partial charge in [0.05, 0.1) is 22.7 Å². The number of nitrogens with one attached hydrogen (secondary N) is 2. The second-order valence-corrected chi connectivity index (χ2v) is 6.47. The predicted octanol–water partition coefficient (Wildman–Crippen LogP) is 0.906. The number of hydrogen-bond donors (Lipinski definition) is 2. The summed E-state index contributed by atoms with van der Waals surface area (Å²) in [5.74, 6) is -1.56. The number of amides is 2. The Morgan fingerprint density at radius 1 is 1.35 bits per heavy atom. The van der Waals surface area contributed by atoms with Gasteiger partial charge in [-0.1, -0.05) is 0 Å². The molecule has 1 aromatic rings. The lowest BCUT2D eigenvalue weighted by Gasteiger charge is -2.13. The maximum absolute atomic E-state index is 13.5. The largest absolute Gasteiger partial charge is 0.358 e. The second kappa shape index (κ2) is 7.58. The summed E-state index contributed by atoms with van der Waals surface area (Å²) in [5, 5.41) is 4.34. The van der Waals surface area contributed by atoms with Gasteiger partial charge in [0.25, 0.3) is 5.56 Å². The first-order valence-corrected chi connectivity index (χ1v) is 8.04. The topological polar surface area (TPSA) is 80.2 Å². The fourth-order valence-electron chi connectivity index (χ4n) is 2.33. The van der Waals surface area contributed by atoms with Crippen molar-refractivity contribution in [3.05, 3.63) is 28.4 Å². The minimum absolute atomic E-state index is 0.0875. The van der Waals surface area contributed by atoms with Crippen molar-refractivity contribution in [2.75, 3.05) is 19.0 Å². The van der Waals surface area contributed by atoms with Crippen LogP contribution < -0.4 is 16.2 Å². The van der Waals surface area contributed by atoms with Crippen molar-refractivity contribution >= 4 is 29.3 Å². The summed E-state index contributed by atoms with van der Waals surface area (Å²) in [6.07, 6.45) is 2.32. The number of aryl methyl sites for hydroxylation is 1. The van der Waals surface area contributed by atoms with Gasteiger partial charge in [-0.05, 0) is 12.8 Å². The summed E-state index contributed by atoms with van der Waals surface area (Å²) in [6, 6.07) is 0.908. The van der Waals surface area contributed by atoms with Gasteiger partial charge in [0.2, 0.25) is 11.8 Å². The fourth-order valence-corrected chi connectivity index (χ4v) is 3.70. The molecule has 0 aromatic carbocycles. The van der Waals surface area contributed by atoms with E-state index in [9.17, 15) is 23.2 Å². The molecule has 0 spiro atoms. The van der Waals surface area contributed by atoms with Crippen LogP contribution in [0.1, 0.15) is 12.8 Å². The molecule has 9 heteroatoms. The Kier molecular flexibility index (Phi) is 5.75. The number of anilines is 1. The summed E-state index contributed by atoms with van der Waals surface area (Å²) in [7, 11) is 1.53. The molecule has 1 saturated heterocycles. The van der Waals surface area contributed by atoms with Crippen LogP contribution in [0.4, 0.5) is 14.5 Å². The molecular formula is C14H17F2N3O3S. The molecule has 2 N–H and O–H groups in total. The van der Waals surface area contributed by atoms with E-state index in [0.717, 1.165) is 10.6 Å². The van der Waals surface area contributed by atoms with Gasteiger partial charge >= 0.3 is 0 Å². The Labute approximate surface area is 135 Å². The van der Waals surface area contributed by atoms with E-state index in [-0.39, 0.29) is 29.3 Å². The van der Waals surface area contributed by atoms with Crippen LogP contribution in [-0.2, 0) is 16.1 Å². The summed E-state index contributed by atoms with van der Waals surface area (Å²) < 4.78 is 26.8. The maximum Gasteiger partial charge on any atom is 0.286 e. The van der Waals surface area contributed by atoms with Crippen LogP contribution in [0, 0.1) is 5.82 Å². The van der Waals surface area contributed by atoms with E-state index in [1.807, 2.05) is 0 Å². The molecule has 1 aliphatic rings. The molecule has 1 aliphatic heterocycles. The van der Waals surface area contributed by atoms with E-state index in [2.05, 4.69) is 10.6 Å². The number of thioether (sulfide) groups is 1. The first kappa shape index (κ1) is 17.5. The van der Waals surface area contributed by atoms with Crippen molar-refractivity contribution in [1.82, 2.24) is 9.88 Å². The van der Waals surface area contributed by atoms with Crippen LogP contribution in [0.3, 0.4) is 0 Å². The number of alkyl halides is 1. The van der Waals surface area contributed by atoms with Crippen molar-refractivity contribution in [3.63, 3.8) is 0 Å². The number of hydrogen-bond acceptors (Lipinski definition) is 4. The van der Waals surface area contributed by atoms with Gasteiger partial charge in [-0.3, -0.25) is 14.4 Å². The van der Waals surface area contributed by atoms with E-state index >= 15 is 0 Å². The highest BCUT2D eigenvalue weighted by molar-refractivity contribution is 8.02. The number of halogens is 2. The molecule has 23 heavy (non-hydrogen) atoms. The standard InChI is InChI=1S/C14H17F2N3O3S/c1-17-12(20)10-2-3-11(23-10)13(21)18-8-6-9(16)14(22)19(7-8)5-4-15/h6-7,10-11H,2-5H2,1H3,(H,17,20)(H,18,21). The summed E-state index contributed by atoms with van der Waals surface area (Å²) in [5.41, 5.74) is -0.847. The number of pyridine rings is 1. The molecule has 6 nitrogen and oxygen atoms in total. The Morgan fingerprint density at radius 3 is 2.61 bits per heavy atom. The fraction of sp³-hybridized carbons (Fsp3) is 0.500. The quantitative estimate of drug-likeness (QED) is 0.831. The summed E-state index contributed by atoms with van der Waals surface area (Å²) in [6.45, 7) is -1.10. The average Bonchev–Trinajstić information content (AvgIpc) is 3.01. The van der Waals surface area contributed by atoms with Crippen molar-refractivity contribution in [1.29, 1.82) is 0 Å². The third kappa shape index (κ3) is 4.10. The van der Waals surface area contributed by atoms with Crippen molar-refractivity contribution in [2.24, 2.45) is 0 Å². The van der Waals surface area contributed by atoms with Gasteiger partial charge in [0.1, 0.15) is 6.67 Å². The molecular weight excluding hydrogens is 328 g/mol. The normalized spacial score (nSPS) is 20.3. The number of aromatic nitrogens is 1. The maximum atomic E-state index is 13.5. The highest BCUT2D eigenvalue weighted by atomic mass is 32.2. The third-order valence-corrected chi connectivity index (χ3v) is 5.04. The van der Waals surface area contributed by atoms with Crippen LogP contribution in [0.25, 0.3) is 0 Å². The molecule has 2 amide bonds. The number of rotatable bonds is 5. The van der Waals surface area contributed by atoms with Crippen molar-refractivity contribution in [2.45, 2.75) is 29.9 Å². The van der Waals surface area contributed by atoms with Crippen LogP contribution >= 0.6 is 11.8 Å². The van der Waals surface area contributed by atoms with Crippen LogP contribution in [-0.4, -0.2) is 40.6 Å². The lowest BCUT2D eigenvalue weighted by molar-refractivity contribution is -0.120. The van der Waals surface area contributed by atoms with Crippen molar-refractivity contribution < 1.29 is 18.4 Å². The van der Waals surface area contributed by atoms with E-state index < -0.39 is 23.3 Å². The lowest BCUT2D eigenvalue weighted by atomic mass is 10.2. The third-order valence-electron chi connectivity index (χ3n) is 3.49. The lowest BCUT2D eigenvalue weighted by Crippen LogP contribution is -2.29. The molecule has 0 bridgehead atoms. The van der Waals surface area contributed by atoms with Gasteiger partial charge in [-0.25, -0.2) is 8.78 Å². The van der Waals surface area contributed by atoms with E-state index in [4.69, 9.17) is 0 Å². The Balaban J connectivity index is 2.06. The Bertz CT molecular complexity index is 665. The van der Waals surface area contributed by atoms with E-state index in [0.29, 0.717) is 12.8 Å². The minimum Gasteiger partial charge on any atom is -0.358 e. The molecule has 0 aliphatic carbocycles. The van der Waals surface area contributed by atoms with Gasteiger partial charge < -0.3 is 15.2 Å². The monoisotopic (exact) mass is 345 g/mol. The van der Waals surface area contributed by atoms with Gasteiger partial charge in [0.15, 0.2) is 5.82 Å². The zero-order chi connectivity index (χ0) is 17.0. The first-order valence-electron chi connectivity index (χ1n) is 7.10. The predicted molar refractivity (Wildman–Crippen MR) is 83.7 cm³/mol. The number of nitrogens with zero attached hydrogens (tertiary/aromatic N) is 1.